The van der Waals surface area contributed by atoms with Crippen LogP contribution in [0.2, 0.25) is 0 Å². The van der Waals surface area contributed by atoms with Crippen LogP contribution >= 0.6 is 0 Å². The Morgan fingerprint density at radius 1 is 1.36 bits per heavy atom. The van der Waals surface area contributed by atoms with Gasteiger partial charge in [-0.05, 0) is 37.1 Å². The van der Waals surface area contributed by atoms with Crippen LogP contribution in [0.15, 0.2) is 24.3 Å². The molecule has 122 valence electrons. The van der Waals surface area contributed by atoms with Crippen molar-refractivity contribution >= 4 is 5.91 Å². The maximum absolute atomic E-state index is 12.1. The molecule has 7 heteroatoms. The van der Waals surface area contributed by atoms with Crippen LogP contribution in [0.5, 0.6) is 5.75 Å². The minimum Gasteiger partial charge on any atom is -0.406 e. The number of piperidine rings is 1. The first-order valence-electron chi connectivity index (χ1n) is 7.16. The number of hydrogen-bond donors (Lipinski definition) is 1. The lowest BCUT2D eigenvalue weighted by Crippen LogP contribution is -2.46. The summed E-state index contributed by atoms with van der Waals surface area (Å²) in [6, 6.07) is 6.03. The van der Waals surface area contributed by atoms with Gasteiger partial charge in [0.15, 0.2) is 0 Å². The maximum Gasteiger partial charge on any atom is 0.573 e. The van der Waals surface area contributed by atoms with Gasteiger partial charge in [-0.15, -0.1) is 13.2 Å². The number of benzene rings is 1. The Bertz CT molecular complexity index is 503. The van der Waals surface area contributed by atoms with Gasteiger partial charge in [-0.3, -0.25) is 9.69 Å². The molecule has 2 rings (SSSR count). The standard InChI is InChI=1S/C15H19F3N2O2/c1-11(21)19-13-3-2-8-20(10-13)9-12-4-6-14(7-5-12)22-15(16,17)18/h4-7,13H,2-3,8-10H2,1H3,(H,19,21). The lowest BCUT2D eigenvalue weighted by molar-refractivity contribution is -0.274. The predicted molar refractivity (Wildman–Crippen MR) is 75.2 cm³/mol. The minimum absolute atomic E-state index is 0.0412. The van der Waals surface area contributed by atoms with E-state index in [9.17, 15) is 18.0 Å². The van der Waals surface area contributed by atoms with Crippen LogP contribution in [-0.4, -0.2) is 36.3 Å². The fraction of sp³-hybridized carbons (Fsp3) is 0.533. The summed E-state index contributed by atoms with van der Waals surface area (Å²) < 4.78 is 40.1. The molecule has 0 aromatic heterocycles. The summed E-state index contributed by atoms with van der Waals surface area (Å²) >= 11 is 0. The second kappa shape index (κ2) is 7.00. The van der Waals surface area contributed by atoms with Crippen LogP contribution in [0.3, 0.4) is 0 Å². The van der Waals surface area contributed by atoms with E-state index >= 15 is 0 Å². The average molecular weight is 316 g/mol. The molecule has 0 bridgehead atoms. The molecule has 1 heterocycles. The highest BCUT2D eigenvalue weighted by Crippen LogP contribution is 2.23. The van der Waals surface area contributed by atoms with E-state index in [-0.39, 0.29) is 17.7 Å². The van der Waals surface area contributed by atoms with Gasteiger partial charge in [0.25, 0.3) is 0 Å². The number of amides is 1. The number of rotatable bonds is 4. The van der Waals surface area contributed by atoms with Gasteiger partial charge in [0.05, 0.1) is 0 Å². The molecule has 1 atom stereocenters. The fourth-order valence-electron chi connectivity index (χ4n) is 2.66. The number of carbonyl (C=O) groups excluding carboxylic acids is 1. The largest absolute Gasteiger partial charge is 0.573 e. The van der Waals surface area contributed by atoms with Crippen molar-refractivity contribution in [3.8, 4) is 5.75 Å². The third kappa shape index (κ3) is 5.55. The lowest BCUT2D eigenvalue weighted by Gasteiger charge is -2.33. The molecule has 1 aromatic carbocycles. The molecule has 0 saturated carbocycles. The van der Waals surface area contributed by atoms with Gasteiger partial charge < -0.3 is 10.1 Å². The number of halogens is 3. The van der Waals surface area contributed by atoms with E-state index in [1.54, 1.807) is 12.1 Å². The van der Waals surface area contributed by atoms with Crippen molar-refractivity contribution < 1.29 is 22.7 Å². The summed E-state index contributed by atoms with van der Waals surface area (Å²) in [4.78, 5) is 13.3. The first kappa shape index (κ1) is 16.6. The van der Waals surface area contributed by atoms with Gasteiger partial charge >= 0.3 is 6.36 Å². The van der Waals surface area contributed by atoms with E-state index in [2.05, 4.69) is 15.0 Å². The van der Waals surface area contributed by atoms with Crippen molar-refractivity contribution in [1.82, 2.24) is 10.2 Å². The van der Waals surface area contributed by atoms with Crippen molar-refractivity contribution in [3.05, 3.63) is 29.8 Å². The molecule has 0 radical (unpaired) electrons. The number of likely N-dealkylation sites (tertiary alicyclic amines) is 1. The first-order valence-corrected chi connectivity index (χ1v) is 7.16. The normalized spacial score (nSPS) is 19.7. The van der Waals surface area contributed by atoms with Crippen LogP contribution in [0.4, 0.5) is 13.2 Å². The van der Waals surface area contributed by atoms with Gasteiger partial charge in [0, 0.05) is 26.1 Å². The summed E-state index contributed by atoms with van der Waals surface area (Å²) in [6.45, 7) is 3.80. The van der Waals surface area contributed by atoms with E-state index in [1.165, 1.54) is 19.1 Å². The van der Waals surface area contributed by atoms with Gasteiger partial charge in [0.2, 0.25) is 5.91 Å². The van der Waals surface area contributed by atoms with Crippen LogP contribution in [-0.2, 0) is 11.3 Å². The van der Waals surface area contributed by atoms with Crippen LogP contribution in [0.25, 0.3) is 0 Å². The number of nitrogens with zero attached hydrogens (tertiary/aromatic N) is 1. The van der Waals surface area contributed by atoms with E-state index < -0.39 is 6.36 Å². The molecule has 22 heavy (non-hydrogen) atoms. The van der Waals surface area contributed by atoms with E-state index in [1.807, 2.05) is 0 Å². The second-order valence-electron chi connectivity index (χ2n) is 5.47. The van der Waals surface area contributed by atoms with Gasteiger partial charge in [0.1, 0.15) is 5.75 Å². The van der Waals surface area contributed by atoms with Crippen molar-refractivity contribution in [2.45, 2.75) is 38.7 Å². The number of ether oxygens (including phenoxy) is 1. The third-order valence-corrected chi connectivity index (χ3v) is 3.48. The molecular weight excluding hydrogens is 297 g/mol. The molecule has 1 fully saturated rings. The molecule has 1 aromatic rings. The highest BCUT2D eigenvalue weighted by molar-refractivity contribution is 5.73. The lowest BCUT2D eigenvalue weighted by atomic mass is 10.0. The Hall–Kier alpha value is -1.76. The van der Waals surface area contributed by atoms with E-state index in [4.69, 9.17) is 0 Å². The molecule has 0 aliphatic carbocycles. The molecule has 1 N–H and O–H groups in total. The molecule has 1 aliphatic rings. The topological polar surface area (TPSA) is 41.6 Å². The zero-order valence-corrected chi connectivity index (χ0v) is 12.3. The molecule has 0 spiro atoms. The zero-order chi connectivity index (χ0) is 16.2. The van der Waals surface area contributed by atoms with Crippen molar-refractivity contribution in [1.29, 1.82) is 0 Å². The number of hydrogen-bond acceptors (Lipinski definition) is 3. The average Bonchev–Trinajstić information content (AvgIpc) is 2.39. The number of carbonyl (C=O) groups is 1. The van der Waals surface area contributed by atoms with Gasteiger partial charge in [-0.1, -0.05) is 12.1 Å². The molecule has 1 amide bonds. The highest BCUT2D eigenvalue weighted by Gasteiger charge is 2.31. The van der Waals surface area contributed by atoms with Gasteiger partial charge in [-0.2, -0.15) is 0 Å². The Morgan fingerprint density at radius 2 is 2.05 bits per heavy atom. The Kier molecular flexibility index (Phi) is 5.28. The molecule has 1 unspecified atom stereocenters. The Balaban J connectivity index is 1.89. The second-order valence-corrected chi connectivity index (χ2v) is 5.47. The van der Waals surface area contributed by atoms with Crippen molar-refractivity contribution in [2.75, 3.05) is 13.1 Å². The highest BCUT2D eigenvalue weighted by atomic mass is 19.4. The van der Waals surface area contributed by atoms with Crippen molar-refractivity contribution in [3.63, 3.8) is 0 Å². The zero-order valence-electron chi connectivity index (χ0n) is 12.3. The summed E-state index contributed by atoms with van der Waals surface area (Å²) in [7, 11) is 0. The Morgan fingerprint density at radius 3 is 2.64 bits per heavy atom. The summed E-state index contributed by atoms with van der Waals surface area (Å²) in [5.74, 6) is -0.258. The summed E-state index contributed by atoms with van der Waals surface area (Å²) in [5.41, 5.74) is 0.915. The fourth-order valence-corrected chi connectivity index (χ4v) is 2.66. The summed E-state index contributed by atoms with van der Waals surface area (Å²) in [5, 5.41) is 2.91. The first-order chi connectivity index (χ1) is 10.3. The molecule has 1 aliphatic heterocycles. The molecule has 1 saturated heterocycles. The minimum atomic E-state index is -4.67. The predicted octanol–water partition coefficient (Wildman–Crippen LogP) is 2.69. The van der Waals surface area contributed by atoms with Crippen LogP contribution in [0.1, 0.15) is 25.3 Å². The number of alkyl halides is 3. The Labute approximate surface area is 127 Å². The SMILES string of the molecule is CC(=O)NC1CCCN(Cc2ccc(OC(F)(F)F)cc2)C1. The van der Waals surface area contributed by atoms with E-state index in [0.29, 0.717) is 6.54 Å². The molecular formula is C15H19F3N2O2. The van der Waals surface area contributed by atoms with Crippen LogP contribution in [0, 0.1) is 0 Å². The molecule has 4 nitrogen and oxygen atoms in total. The quantitative estimate of drug-likeness (QED) is 0.928. The number of nitrogens with one attached hydrogen (secondary N) is 1. The summed E-state index contributed by atoms with van der Waals surface area (Å²) in [6.07, 6.45) is -2.73. The third-order valence-electron chi connectivity index (χ3n) is 3.48. The smallest absolute Gasteiger partial charge is 0.406 e. The monoisotopic (exact) mass is 316 g/mol. The maximum atomic E-state index is 12.1. The van der Waals surface area contributed by atoms with Gasteiger partial charge in [-0.25, -0.2) is 0 Å². The van der Waals surface area contributed by atoms with E-state index in [0.717, 1.165) is 31.5 Å². The van der Waals surface area contributed by atoms with Crippen molar-refractivity contribution in [2.24, 2.45) is 0 Å². The van der Waals surface area contributed by atoms with Crippen LogP contribution < -0.4 is 10.1 Å².